The van der Waals surface area contributed by atoms with Gasteiger partial charge in [-0.2, -0.15) is 0 Å². The Kier molecular flexibility index (Phi) is 2.50. The molecular formula is C7H10N2O4. The van der Waals surface area contributed by atoms with E-state index in [0.717, 1.165) is 4.90 Å². The Morgan fingerprint density at radius 3 is 2.77 bits per heavy atom. The second-order valence-electron chi connectivity index (χ2n) is 2.69. The molecule has 0 bridgehead atoms. The maximum Gasteiger partial charge on any atom is 0.410 e. The minimum absolute atomic E-state index is 0.139. The van der Waals surface area contributed by atoms with E-state index in [1.165, 1.54) is 14.0 Å². The van der Waals surface area contributed by atoms with Gasteiger partial charge in [-0.05, 0) is 6.92 Å². The van der Waals surface area contributed by atoms with Crippen LogP contribution in [0.5, 0.6) is 0 Å². The average Bonchev–Trinajstić information content (AvgIpc) is 2.10. The predicted octanol–water partition coefficient (Wildman–Crippen LogP) is -0.900. The Balaban J connectivity index is 2.77. The minimum Gasteiger partial charge on any atom is -0.453 e. The lowest BCUT2D eigenvalue weighted by Crippen LogP contribution is -2.58. The molecule has 1 aliphatic heterocycles. The number of carbonyl (C=O) groups is 3. The Hall–Kier alpha value is -1.59. The summed E-state index contributed by atoms with van der Waals surface area (Å²) in [5.74, 6) is -0.977. The summed E-state index contributed by atoms with van der Waals surface area (Å²) in [6.07, 6.45) is -0.671. The Labute approximate surface area is 74.8 Å². The zero-order chi connectivity index (χ0) is 10.0. The van der Waals surface area contributed by atoms with Gasteiger partial charge < -0.3 is 4.74 Å². The zero-order valence-corrected chi connectivity index (χ0v) is 7.36. The number of nitrogens with zero attached hydrogens (tertiary/aromatic N) is 1. The first-order valence-electron chi connectivity index (χ1n) is 3.74. The first-order chi connectivity index (χ1) is 6.06. The summed E-state index contributed by atoms with van der Waals surface area (Å²) in [5.41, 5.74) is 0. The Bertz CT molecular complexity index is 263. The molecule has 3 amide bonds. The van der Waals surface area contributed by atoms with Crippen LogP contribution < -0.4 is 5.32 Å². The van der Waals surface area contributed by atoms with Crippen molar-refractivity contribution in [2.24, 2.45) is 0 Å². The molecule has 1 unspecified atom stereocenters. The molecule has 13 heavy (non-hydrogen) atoms. The first kappa shape index (κ1) is 9.50. The van der Waals surface area contributed by atoms with Crippen molar-refractivity contribution in [1.82, 2.24) is 10.2 Å². The molecule has 0 spiro atoms. The molecular weight excluding hydrogens is 176 g/mol. The second-order valence-corrected chi connectivity index (χ2v) is 2.69. The molecule has 1 aliphatic rings. The van der Waals surface area contributed by atoms with Gasteiger partial charge in [0.15, 0.2) is 0 Å². The Morgan fingerprint density at radius 1 is 1.62 bits per heavy atom. The molecule has 1 heterocycles. The monoisotopic (exact) mass is 186 g/mol. The summed E-state index contributed by atoms with van der Waals surface area (Å²) in [5, 5.41) is 2.11. The van der Waals surface area contributed by atoms with Gasteiger partial charge in [0.2, 0.25) is 11.8 Å². The van der Waals surface area contributed by atoms with Gasteiger partial charge in [-0.1, -0.05) is 0 Å². The third-order valence-electron chi connectivity index (χ3n) is 1.83. The maximum atomic E-state index is 11.1. The van der Waals surface area contributed by atoms with Crippen LogP contribution in [-0.2, 0) is 14.3 Å². The summed E-state index contributed by atoms with van der Waals surface area (Å²) < 4.78 is 4.41. The fourth-order valence-corrected chi connectivity index (χ4v) is 1.05. The van der Waals surface area contributed by atoms with Crippen LogP contribution in [0.1, 0.15) is 6.92 Å². The number of hydrogen-bond acceptors (Lipinski definition) is 4. The summed E-state index contributed by atoms with van der Waals surface area (Å²) >= 11 is 0. The van der Waals surface area contributed by atoms with Gasteiger partial charge in [0, 0.05) is 0 Å². The van der Waals surface area contributed by atoms with Gasteiger partial charge in [-0.25, -0.2) is 4.79 Å². The summed E-state index contributed by atoms with van der Waals surface area (Å²) in [6.45, 7) is 1.39. The molecule has 0 aromatic carbocycles. The molecule has 0 saturated carbocycles. The predicted molar refractivity (Wildman–Crippen MR) is 41.7 cm³/mol. The van der Waals surface area contributed by atoms with Crippen LogP contribution in [-0.4, -0.2) is 42.5 Å². The normalized spacial score (nSPS) is 22.6. The van der Waals surface area contributed by atoms with Crippen molar-refractivity contribution in [2.75, 3.05) is 13.7 Å². The van der Waals surface area contributed by atoms with Crippen molar-refractivity contribution >= 4 is 17.9 Å². The zero-order valence-electron chi connectivity index (χ0n) is 7.36. The molecule has 1 saturated heterocycles. The van der Waals surface area contributed by atoms with Gasteiger partial charge in [-0.15, -0.1) is 0 Å². The standard InChI is InChI=1S/C7H10N2O4/c1-4-6(11)8-5(10)3-9(4)7(12)13-2/h4H,3H2,1-2H3,(H,8,10,11). The van der Waals surface area contributed by atoms with Crippen molar-refractivity contribution in [2.45, 2.75) is 13.0 Å². The highest BCUT2D eigenvalue weighted by Gasteiger charge is 2.33. The molecule has 0 aromatic heterocycles. The number of methoxy groups -OCH3 is 1. The molecule has 72 valence electrons. The van der Waals surface area contributed by atoms with Crippen molar-refractivity contribution in [3.63, 3.8) is 0 Å². The largest absolute Gasteiger partial charge is 0.453 e. The smallest absolute Gasteiger partial charge is 0.410 e. The summed E-state index contributed by atoms with van der Waals surface area (Å²) in [7, 11) is 1.20. The maximum absolute atomic E-state index is 11.1. The average molecular weight is 186 g/mol. The lowest BCUT2D eigenvalue weighted by Gasteiger charge is -2.30. The molecule has 0 aliphatic carbocycles. The number of piperazine rings is 1. The van der Waals surface area contributed by atoms with Gasteiger partial charge in [0.1, 0.15) is 12.6 Å². The molecule has 6 heteroatoms. The summed E-state index contributed by atoms with van der Waals surface area (Å²) in [4.78, 5) is 34.0. The highest BCUT2D eigenvalue weighted by atomic mass is 16.5. The van der Waals surface area contributed by atoms with E-state index in [9.17, 15) is 14.4 Å². The van der Waals surface area contributed by atoms with Crippen molar-refractivity contribution < 1.29 is 19.1 Å². The number of nitrogens with one attached hydrogen (secondary N) is 1. The van der Waals surface area contributed by atoms with Gasteiger partial charge in [0.05, 0.1) is 7.11 Å². The quantitative estimate of drug-likeness (QED) is 0.497. The van der Waals surface area contributed by atoms with Crippen LogP contribution in [0.3, 0.4) is 0 Å². The van der Waals surface area contributed by atoms with Gasteiger partial charge in [0.25, 0.3) is 0 Å². The van der Waals surface area contributed by atoms with E-state index in [-0.39, 0.29) is 6.54 Å². The number of ether oxygens (including phenoxy) is 1. The van der Waals surface area contributed by atoms with Crippen molar-refractivity contribution in [1.29, 1.82) is 0 Å². The molecule has 0 aromatic rings. The van der Waals surface area contributed by atoms with Crippen LogP contribution in [0.15, 0.2) is 0 Å². The molecule has 0 radical (unpaired) electrons. The van der Waals surface area contributed by atoms with E-state index in [1.54, 1.807) is 0 Å². The van der Waals surface area contributed by atoms with E-state index in [2.05, 4.69) is 10.1 Å². The fraction of sp³-hybridized carbons (Fsp3) is 0.571. The number of carbonyl (C=O) groups excluding carboxylic acids is 3. The van der Waals surface area contributed by atoms with Crippen LogP contribution in [0, 0.1) is 0 Å². The molecule has 1 N–H and O–H groups in total. The van der Waals surface area contributed by atoms with Crippen LogP contribution in [0.4, 0.5) is 4.79 Å². The number of rotatable bonds is 0. The van der Waals surface area contributed by atoms with Gasteiger partial charge >= 0.3 is 6.09 Å². The van der Waals surface area contributed by atoms with Crippen LogP contribution in [0.2, 0.25) is 0 Å². The van der Waals surface area contributed by atoms with Crippen LogP contribution in [0.25, 0.3) is 0 Å². The van der Waals surface area contributed by atoms with E-state index in [0.29, 0.717) is 0 Å². The number of amides is 3. The fourth-order valence-electron chi connectivity index (χ4n) is 1.05. The topological polar surface area (TPSA) is 75.7 Å². The molecule has 1 rings (SSSR count). The first-order valence-corrected chi connectivity index (χ1v) is 3.74. The van der Waals surface area contributed by atoms with Crippen LogP contribution >= 0.6 is 0 Å². The molecule has 1 atom stereocenters. The minimum atomic E-state index is -0.671. The third kappa shape index (κ3) is 1.77. The summed E-state index contributed by atoms with van der Waals surface area (Å²) in [6, 6.07) is -0.662. The molecule has 6 nitrogen and oxygen atoms in total. The van der Waals surface area contributed by atoms with Crippen molar-refractivity contribution in [3.05, 3.63) is 0 Å². The SMILES string of the molecule is COC(=O)N1CC(=O)NC(=O)C1C. The van der Waals surface area contributed by atoms with Gasteiger partial charge in [-0.3, -0.25) is 19.8 Å². The number of hydrogen-bond donors (Lipinski definition) is 1. The second kappa shape index (κ2) is 3.42. The Morgan fingerprint density at radius 2 is 2.23 bits per heavy atom. The van der Waals surface area contributed by atoms with E-state index in [1.807, 2.05) is 0 Å². The third-order valence-corrected chi connectivity index (χ3v) is 1.83. The number of imide groups is 1. The highest BCUT2D eigenvalue weighted by molar-refractivity contribution is 6.03. The van der Waals surface area contributed by atoms with Crippen molar-refractivity contribution in [3.8, 4) is 0 Å². The van der Waals surface area contributed by atoms with E-state index < -0.39 is 23.9 Å². The highest BCUT2D eigenvalue weighted by Crippen LogP contribution is 2.05. The van der Waals surface area contributed by atoms with E-state index in [4.69, 9.17) is 0 Å². The van der Waals surface area contributed by atoms with E-state index >= 15 is 0 Å². The lowest BCUT2D eigenvalue weighted by molar-refractivity contribution is -0.138. The molecule has 1 fully saturated rings. The lowest BCUT2D eigenvalue weighted by atomic mass is 10.2.